The summed E-state index contributed by atoms with van der Waals surface area (Å²) in [5.74, 6) is -0.809. The molecular weight excluding hydrogens is 427 g/mol. The molecule has 31 heavy (non-hydrogen) atoms. The molecule has 2 bridgehead atoms. The molecule has 0 spiro atoms. The zero-order valence-electron chi connectivity index (χ0n) is 17.2. The fourth-order valence-corrected chi connectivity index (χ4v) is 5.02. The Kier molecular flexibility index (Phi) is 6.39. The number of fused-ring (bicyclic) bond motifs is 3. The monoisotopic (exact) mass is 454 g/mol. The van der Waals surface area contributed by atoms with Crippen molar-refractivity contribution in [2.45, 2.75) is 61.7 Å². The Bertz CT molecular complexity index is 841. The summed E-state index contributed by atoms with van der Waals surface area (Å²) in [5, 5.41) is 23.2. The van der Waals surface area contributed by atoms with Gasteiger partial charge in [-0.15, -0.1) is 0 Å². The molecule has 1 aliphatic heterocycles. The molecule has 2 amide bonds. The van der Waals surface area contributed by atoms with Crippen molar-refractivity contribution < 1.29 is 23.8 Å². The first-order valence-corrected chi connectivity index (χ1v) is 11.0. The SMILES string of the molecule is O=C(COc1ccc(Cl)c(F)c1)NC12CCC(NC(=O)C3CCNCN3)(CC1)C(O)C2. The smallest absolute Gasteiger partial charge is 0.258 e. The molecule has 0 radical (unpaired) electrons. The highest BCUT2D eigenvalue weighted by Gasteiger charge is 2.55. The van der Waals surface area contributed by atoms with Gasteiger partial charge >= 0.3 is 0 Å². The van der Waals surface area contributed by atoms with Crippen LogP contribution in [-0.4, -0.2) is 60.0 Å². The molecule has 8 nitrogen and oxygen atoms in total. The lowest BCUT2D eigenvalue weighted by molar-refractivity contribution is -0.137. The molecule has 2 atom stereocenters. The van der Waals surface area contributed by atoms with Crippen LogP contribution in [0.2, 0.25) is 5.02 Å². The van der Waals surface area contributed by atoms with Crippen molar-refractivity contribution >= 4 is 23.4 Å². The molecule has 170 valence electrons. The first-order valence-electron chi connectivity index (χ1n) is 10.6. The number of hydrogen-bond acceptors (Lipinski definition) is 6. The van der Waals surface area contributed by atoms with Crippen molar-refractivity contribution in [2.24, 2.45) is 0 Å². The van der Waals surface area contributed by atoms with Gasteiger partial charge in [-0.25, -0.2) is 4.39 Å². The summed E-state index contributed by atoms with van der Waals surface area (Å²) in [7, 11) is 0. The largest absolute Gasteiger partial charge is 0.484 e. The second-order valence-electron chi connectivity index (χ2n) is 8.78. The highest BCUT2D eigenvalue weighted by Crippen LogP contribution is 2.47. The number of nitrogens with one attached hydrogen (secondary N) is 4. The number of rotatable bonds is 6. The van der Waals surface area contributed by atoms with E-state index in [0.29, 0.717) is 45.2 Å². The van der Waals surface area contributed by atoms with Gasteiger partial charge in [0.2, 0.25) is 5.91 Å². The molecule has 4 fully saturated rings. The van der Waals surface area contributed by atoms with Crippen LogP contribution in [0.15, 0.2) is 18.2 Å². The predicted octanol–water partition coefficient (Wildman–Crippen LogP) is 0.816. The zero-order valence-corrected chi connectivity index (χ0v) is 17.9. The van der Waals surface area contributed by atoms with E-state index in [1.54, 1.807) is 0 Å². The molecule has 1 heterocycles. The van der Waals surface area contributed by atoms with Crippen LogP contribution in [0.1, 0.15) is 38.5 Å². The number of carbonyl (C=O) groups is 2. The van der Waals surface area contributed by atoms with Crippen LogP contribution in [0, 0.1) is 5.82 Å². The number of aliphatic hydroxyl groups is 1. The van der Waals surface area contributed by atoms with E-state index in [2.05, 4.69) is 21.3 Å². The third-order valence-corrected chi connectivity index (χ3v) is 7.07. The summed E-state index contributed by atoms with van der Waals surface area (Å²) < 4.78 is 18.9. The molecule has 5 rings (SSSR count). The van der Waals surface area contributed by atoms with Crippen molar-refractivity contribution in [3.63, 3.8) is 0 Å². The predicted molar refractivity (Wildman–Crippen MR) is 112 cm³/mol. The summed E-state index contributed by atoms with van der Waals surface area (Å²) in [6.45, 7) is 1.11. The average Bonchev–Trinajstić information content (AvgIpc) is 2.76. The summed E-state index contributed by atoms with van der Waals surface area (Å²) >= 11 is 5.65. The zero-order chi connectivity index (χ0) is 22.1. The molecule has 0 aromatic heterocycles. The number of benzene rings is 1. The maximum absolute atomic E-state index is 13.5. The summed E-state index contributed by atoms with van der Waals surface area (Å²) in [5.41, 5.74) is -1.17. The molecule has 2 unspecified atom stereocenters. The Hall–Kier alpha value is -1.94. The Morgan fingerprint density at radius 2 is 2.03 bits per heavy atom. The standard InChI is InChI=1S/C21H28ClFN4O4/c22-14-2-1-13(9-15(14)23)31-11-18(29)26-20-4-6-21(7-5-20,17(28)10-20)27-19(30)16-3-8-24-12-25-16/h1-2,9,16-17,24-25,28H,3-8,10-12H2,(H,26,29)(H,27,30). The van der Waals surface area contributed by atoms with Gasteiger partial charge in [0, 0.05) is 18.3 Å². The highest BCUT2D eigenvalue weighted by molar-refractivity contribution is 6.30. The second kappa shape index (κ2) is 8.90. The van der Waals surface area contributed by atoms with E-state index in [9.17, 15) is 19.1 Å². The first-order chi connectivity index (χ1) is 14.8. The van der Waals surface area contributed by atoms with Gasteiger partial charge in [0.15, 0.2) is 6.61 Å². The first kappa shape index (κ1) is 22.3. The van der Waals surface area contributed by atoms with E-state index >= 15 is 0 Å². The van der Waals surface area contributed by atoms with Crippen LogP contribution in [0.25, 0.3) is 0 Å². The molecule has 3 aliphatic carbocycles. The quantitative estimate of drug-likeness (QED) is 0.435. The molecule has 5 N–H and O–H groups in total. The van der Waals surface area contributed by atoms with E-state index in [1.165, 1.54) is 12.1 Å². The van der Waals surface area contributed by atoms with Crippen LogP contribution in [0.5, 0.6) is 5.75 Å². The lowest BCUT2D eigenvalue weighted by atomic mass is 9.59. The second-order valence-corrected chi connectivity index (χ2v) is 9.19. The molecule has 1 aromatic rings. The molecule has 1 saturated heterocycles. The maximum atomic E-state index is 13.5. The molecule has 1 aromatic carbocycles. The molecule has 3 saturated carbocycles. The van der Waals surface area contributed by atoms with E-state index in [0.717, 1.165) is 12.6 Å². The summed E-state index contributed by atoms with van der Waals surface area (Å²) in [6.07, 6.45) is 2.83. The molecule has 10 heteroatoms. The van der Waals surface area contributed by atoms with Crippen LogP contribution in [0.3, 0.4) is 0 Å². The van der Waals surface area contributed by atoms with Gasteiger partial charge < -0.3 is 25.8 Å². The highest BCUT2D eigenvalue weighted by atomic mass is 35.5. The van der Waals surface area contributed by atoms with Gasteiger partial charge in [0.25, 0.3) is 5.91 Å². The Labute approximate surface area is 185 Å². The van der Waals surface area contributed by atoms with Crippen molar-refractivity contribution in [2.75, 3.05) is 19.8 Å². The Morgan fingerprint density at radius 1 is 1.26 bits per heavy atom. The minimum absolute atomic E-state index is 0.0133. The third-order valence-electron chi connectivity index (χ3n) is 6.76. The number of amides is 2. The van der Waals surface area contributed by atoms with Gasteiger partial charge in [-0.05, 0) is 57.2 Å². The van der Waals surface area contributed by atoms with Crippen molar-refractivity contribution in [1.82, 2.24) is 21.3 Å². The lowest BCUT2D eigenvalue weighted by Crippen LogP contribution is -2.71. The number of halogens is 2. The van der Waals surface area contributed by atoms with Gasteiger partial charge in [-0.3, -0.25) is 14.9 Å². The summed E-state index contributed by atoms with van der Waals surface area (Å²) in [6, 6.07) is 3.74. The van der Waals surface area contributed by atoms with Crippen LogP contribution >= 0.6 is 11.6 Å². The van der Waals surface area contributed by atoms with E-state index in [1.807, 2.05) is 0 Å². The van der Waals surface area contributed by atoms with E-state index in [4.69, 9.17) is 16.3 Å². The fraction of sp³-hybridized carbons (Fsp3) is 0.619. The minimum atomic E-state index is -0.743. The van der Waals surface area contributed by atoms with Gasteiger partial charge in [0.05, 0.1) is 22.7 Å². The van der Waals surface area contributed by atoms with E-state index in [-0.39, 0.29) is 35.2 Å². The van der Waals surface area contributed by atoms with E-state index < -0.39 is 23.0 Å². The van der Waals surface area contributed by atoms with Crippen molar-refractivity contribution in [1.29, 1.82) is 0 Å². The lowest BCUT2D eigenvalue weighted by Gasteiger charge is -2.56. The van der Waals surface area contributed by atoms with Crippen LogP contribution in [0.4, 0.5) is 4.39 Å². The minimum Gasteiger partial charge on any atom is -0.484 e. The van der Waals surface area contributed by atoms with Crippen LogP contribution in [-0.2, 0) is 9.59 Å². The average molecular weight is 455 g/mol. The normalized spacial score (nSPS) is 32.4. The van der Waals surface area contributed by atoms with Gasteiger partial charge in [-0.2, -0.15) is 0 Å². The topological polar surface area (TPSA) is 112 Å². The summed E-state index contributed by atoms with van der Waals surface area (Å²) in [4.78, 5) is 25.1. The van der Waals surface area contributed by atoms with Crippen molar-refractivity contribution in [3.8, 4) is 5.75 Å². The van der Waals surface area contributed by atoms with Gasteiger partial charge in [0.1, 0.15) is 11.6 Å². The van der Waals surface area contributed by atoms with Crippen LogP contribution < -0.4 is 26.0 Å². The number of aliphatic hydroxyl groups excluding tert-OH is 1. The molecular formula is C21H28ClFN4O4. The van der Waals surface area contributed by atoms with Gasteiger partial charge in [-0.1, -0.05) is 11.6 Å². The molecule has 4 aliphatic rings. The number of ether oxygens (including phenoxy) is 1. The van der Waals surface area contributed by atoms with Crippen molar-refractivity contribution in [3.05, 3.63) is 29.0 Å². The Balaban J connectivity index is 1.31. The number of hydrogen-bond donors (Lipinski definition) is 5. The maximum Gasteiger partial charge on any atom is 0.258 e. The number of carbonyl (C=O) groups excluding carboxylic acids is 2. The fourth-order valence-electron chi connectivity index (χ4n) is 4.90. The third kappa shape index (κ3) is 4.79. The Morgan fingerprint density at radius 3 is 2.68 bits per heavy atom.